The normalized spacial score (nSPS) is 11.6. The van der Waals surface area contributed by atoms with Crippen LogP contribution in [-0.4, -0.2) is 0 Å². The standard InChI is InChI=1S/C44H29N/c1-2-13-33-28-36(24-22-30(33)10-1)45(35-16-7-15-34(29-35)39-19-8-14-31-11-3-5-17-37(31)39)44-21-9-20-40-42-25-23-32-12-4-6-18-38(32)41(42)26-27-43(40)44/h1-29H. The Morgan fingerprint density at radius 1 is 0.289 bits per heavy atom. The highest BCUT2D eigenvalue weighted by Crippen LogP contribution is 2.43. The van der Waals surface area contributed by atoms with Gasteiger partial charge in [0.1, 0.15) is 0 Å². The largest absolute Gasteiger partial charge is 0.310 e. The molecular weight excluding hydrogens is 542 g/mol. The fourth-order valence-electron chi connectivity index (χ4n) is 7.07. The molecule has 9 aromatic rings. The number of rotatable bonds is 4. The lowest BCUT2D eigenvalue weighted by molar-refractivity contribution is 1.30. The maximum Gasteiger partial charge on any atom is 0.0540 e. The molecule has 0 unspecified atom stereocenters. The predicted octanol–water partition coefficient (Wildman–Crippen LogP) is 12.6. The molecule has 1 heteroatoms. The first-order chi connectivity index (χ1) is 22.3. The van der Waals surface area contributed by atoms with Gasteiger partial charge in [-0.05, 0) is 89.9 Å². The lowest BCUT2D eigenvalue weighted by Crippen LogP contribution is -2.10. The molecule has 0 saturated carbocycles. The summed E-state index contributed by atoms with van der Waals surface area (Å²) in [6.07, 6.45) is 0. The van der Waals surface area contributed by atoms with E-state index in [1.807, 2.05) is 0 Å². The van der Waals surface area contributed by atoms with Gasteiger partial charge in [0, 0.05) is 16.8 Å². The van der Waals surface area contributed by atoms with Crippen LogP contribution in [0.2, 0.25) is 0 Å². The number of nitrogens with zero attached hydrogens (tertiary/aromatic N) is 1. The molecule has 0 heterocycles. The maximum atomic E-state index is 2.43. The van der Waals surface area contributed by atoms with E-state index in [4.69, 9.17) is 0 Å². The number of hydrogen-bond donors (Lipinski definition) is 0. The summed E-state index contributed by atoms with van der Waals surface area (Å²) in [5, 5.41) is 12.6. The van der Waals surface area contributed by atoms with E-state index in [0.29, 0.717) is 0 Å². The molecule has 0 aliphatic rings. The first kappa shape index (κ1) is 25.6. The number of fused-ring (bicyclic) bond motifs is 7. The average Bonchev–Trinajstić information content (AvgIpc) is 3.11. The van der Waals surface area contributed by atoms with Gasteiger partial charge in [-0.3, -0.25) is 0 Å². The van der Waals surface area contributed by atoms with Crippen LogP contribution in [0.15, 0.2) is 176 Å². The van der Waals surface area contributed by atoms with E-state index in [-0.39, 0.29) is 0 Å². The highest BCUT2D eigenvalue weighted by Gasteiger charge is 2.18. The Kier molecular flexibility index (Phi) is 5.89. The van der Waals surface area contributed by atoms with E-state index >= 15 is 0 Å². The van der Waals surface area contributed by atoms with Crippen LogP contribution in [0.5, 0.6) is 0 Å². The third kappa shape index (κ3) is 4.24. The molecule has 1 nitrogen and oxygen atoms in total. The summed E-state index contributed by atoms with van der Waals surface area (Å²) in [5.74, 6) is 0. The third-order valence-corrected chi connectivity index (χ3v) is 9.20. The minimum absolute atomic E-state index is 1.13. The van der Waals surface area contributed by atoms with Gasteiger partial charge < -0.3 is 4.90 Å². The molecule has 9 rings (SSSR count). The van der Waals surface area contributed by atoms with Gasteiger partial charge in [0.25, 0.3) is 0 Å². The van der Waals surface area contributed by atoms with Crippen molar-refractivity contribution in [2.45, 2.75) is 0 Å². The monoisotopic (exact) mass is 571 g/mol. The fraction of sp³-hybridized carbons (Fsp3) is 0. The topological polar surface area (TPSA) is 3.24 Å². The highest BCUT2D eigenvalue weighted by atomic mass is 15.1. The molecular formula is C44H29N. The molecule has 0 N–H and O–H groups in total. The summed E-state index contributed by atoms with van der Waals surface area (Å²) in [6.45, 7) is 0. The van der Waals surface area contributed by atoms with Crippen molar-refractivity contribution < 1.29 is 0 Å². The van der Waals surface area contributed by atoms with Crippen LogP contribution in [0.4, 0.5) is 17.1 Å². The van der Waals surface area contributed by atoms with Gasteiger partial charge in [0.15, 0.2) is 0 Å². The Balaban J connectivity index is 1.30. The Hall–Kier alpha value is -5.92. The highest BCUT2D eigenvalue weighted by molar-refractivity contribution is 6.19. The molecule has 0 spiro atoms. The van der Waals surface area contributed by atoms with Crippen molar-refractivity contribution in [1.82, 2.24) is 0 Å². The van der Waals surface area contributed by atoms with Crippen molar-refractivity contribution in [3.8, 4) is 11.1 Å². The molecule has 45 heavy (non-hydrogen) atoms. The number of hydrogen-bond acceptors (Lipinski definition) is 1. The molecule has 0 saturated heterocycles. The van der Waals surface area contributed by atoms with Gasteiger partial charge in [-0.25, -0.2) is 0 Å². The van der Waals surface area contributed by atoms with E-state index in [2.05, 4.69) is 181 Å². The van der Waals surface area contributed by atoms with Gasteiger partial charge >= 0.3 is 0 Å². The molecule has 9 aromatic carbocycles. The molecule has 0 aliphatic carbocycles. The molecule has 0 amide bonds. The summed E-state index contributed by atoms with van der Waals surface area (Å²) in [5.41, 5.74) is 5.86. The summed E-state index contributed by atoms with van der Waals surface area (Å²) in [4.78, 5) is 2.43. The minimum Gasteiger partial charge on any atom is -0.310 e. The second-order valence-electron chi connectivity index (χ2n) is 11.8. The maximum absolute atomic E-state index is 2.43. The van der Waals surface area contributed by atoms with Crippen molar-refractivity contribution in [2.75, 3.05) is 4.90 Å². The van der Waals surface area contributed by atoms with Crippen molar-refractivity contribution in [2.24, 2.45) is 0 Å². The zero-order valence-corrected chi connectivity index (χ0v) is 24.7. The summed E-state index contributed by atoms with van der Waals surface area (Å²) >= 11 is 0. The molecule has 0 atom stereocenters. The van der Waals surface area contributed by atoms with Crippen LogP contribution < -0.4 is 4.90 Å². The van der Waals surface area contributed by atoms with E-state index in [9.17, 15) is 0 Å². The van der Waals surface area contributed by atoms with E-state index in [1.54, 1.807) is 0 Å². The Labute approximate surface area is 262 Å². The second-order valence-corrected chi connectivity index (χ2v) is 11.8. The first-order valence-electron chi connectivity index (χ1n) is 15.5. The van der Waals surface area contributed by atoms with Gasteiger partial charge in [-0.15, -0.1) is 0 Å². The predicted molar refractivity (Wildman–Crippen MR) is 194 cm³/mol. The Morgan fingerprint density at radius 3 is 1.73 bits per heavy atom. The average molecular weight is 572 g/mol. The molecule has 0 aromatic heterocycles. The smallest absolute Gasteiger partial charge is 0.0540 e. The molecule has 0 radical (unpaired) electrons. The summed E-state index contributed by atoms with van der Waals surface area (Å²) in [7, 11) is 0. The number of benzene rings is 9. The van der Waals surface area contributed by atoms with Gasteiger partial charge in [0.05, 0.1) is 5.69 Å². The zero-order chi connectivity index (χ0) is 29.7. The molecule has 0 fully saturated rings. The quantitative estimate of drug-likeness (QED) is 0.190. The van der Waals surface area contributed by atoms with E-state index in [0.717, 1.165) is 17.1 Å². The SMILES string of the molecule is c1cc(-c2cccc3ccccc23)cc(N(c2ccc3ccccc3c2)c2cccc3c2ccc2c4ccccc4ccc32)c1. The van der Waals surface area contributed by atoms with Crippen LogP contribution in [0.1, 0.15) is 0 Å². The lowest BCUT2D eigenvalue weighted by atomic mass is 9.95. The van der Waals surface area contributed by atoms with Crippen LogP contribution in [-0.2, 0) is 0 Å². The third-order valence-electron chi connectivity index (χ3n) is 9.20. The van der Waals surface area contributed by atoms with Crippen LogP contribution in [0.25, 0.3) is 65.0 Å². The Bertz CT molecular complexity index is 2550. The van der Waals surface area contributed by atoms with E-state index in [1.165, 1.54) is 65.0 Å². The minimum atomic E-state index is 1.13. The summed E-state index contributed by atoms with van der Waals surface area (Å²) in [6, 6.07) is 64.1. The first-order valence-corrected chi connectivity index (χ1v) is 15.5. The van der Waals surface area contributed by atoms with E-state index < -0.39 is 0 Å². The van der Waals surface area contributed by atoms with Crippen LogP contribution in [0, 0.1) is 0 Å². The van der Waals surface area contributed by atoms with Gasteiger partial charge in [0.2, 0.25) is 0 Å². The second kappa shape index (κ2) is 10.4. The van der Waals surface area contributed by atoms with Crippen LogP contribution >= 0.6 is 0 Å². The molecule has 210 valence electrons. The lowest BCUT2D eigenvalue weighted by Gasteiger charge is -2.28. The Morgan fingerprint density at radius 2 is 0.844 bits per heavy atom. The summed E-state index contributed by atoms with van der Waals surface area (Å²) < 4.78 is 0. The fourth-order valence-corrected chi connectivity index (χ4v) is 7.07. The van der Waals surface area contributed by atoms with Gasteiger partial charge in [-0.2, -0.15) is 0 Å². The van der Waals surface area contributed by atoms with Crippen molar-refractivity contribution in [1.29, 1.82) is 0 Å². The van der Waals surface area contributed by atoms with Crippen molar-refractivity contribution >= 4 is 70.9 Å². The zero-order valence-electron chi connectivity index (χ0n) is 24.7. The molecule has 0 bridgehead atoms. The molecule has 0 aliphatic heterocycles. The number of anilines is 3. The van der Waals surface area contributed by atoms with Crippen molar-refractivity contribution in [3.05, 3.63) is 176 Å². The van der Waals surface area contributed by atoms with Crippen molar-refractivity contribution in [3.63, 3.8) is 0 Å². The van der Waals surface area contributed by atoms with Crippen LogP contribution in [0.3, 0.4) is 0 Å². The van der Waals surface area contributed by atoms with Gasteiger partial charge in [-0.1, -0.05) is 146 Å².